The van der Waals surface area contributed by atoms with Gasteiger partial charge in [-0.05, 0) is 37.1 Å². The molecule has 0 aliphatic rings. The van der Waals surface area contributed by atoms with Crippen LogP contribution in [0.15, 0.2) is 36.7 Å². The molecule has 0 radical (unpaired) electrons. The molecule has 114 valence electrons. The van der Waals surface area contributed by atoms with Gasteiger partial charge in [0.05, 0.1) is 6.61 Å². The summed E-state index contributed by atoms with van der Waals surface area (Å²) >= 11 is 0. The minimum absolute atomic E-state index is 0.251. The largest absolute Gasteiger partial charge is 0.494 e. The first-order chi connectivity index (χ1) is 10.3. The van der Waals surface area contributed by atoms with Gasteiger partial charge in [-0.3, -0.25) is 0 Å². The topological polar surface area (TPSA) is 49.9 Å². The fourth-order valence-electron chi connectivity index (χ4n) is 2.27. The van der Waals surface area contributed by atoms with Gasteiger partial charge < -0.3 is 15.0 Å². The summed E-state index contributed by atoms with van der Waals surface area (Å²) in [6.45, 7) is 6.05. The predicted octanol–water partition coefficient (Wildman–Crippen LogP) is 3.48. The lowest BCUT2D eigenvalue weighted by atomic mass is 10.0. The van der Waals surface area contributed by atoms with Gasteiger partial charge in [-0.2, -0.15) is 0 Å². The number of aromatic nitrogens is 2. The fraction of sp³-hybridized carbons (Fsp3) is 0.471. The van der Waals surface area contributed by atoms with E-state index in [9.17, 15) is 0 Å². The Hall–Kier alpha value is -1.81. The van der Waals surface area contributed by atoms with Gasteiger partial charge in [0.25, 0.3) is 0 Å². The Labute approximate surface area is 127 Å². The predicted molar refractivity (Wildman–Crippen MR) is 85.6 cm³/mol. The minimum Gasteiger partial charge on any atom is -0.494 e. The number of nitrogens with zero attached hydrogens (tertiary/aromatic N) is 1. The molecule has 0 amide bonds. The Morgan fingerprint density at radius 1 is 1.29 bits per heavy atom. The highest BCUT2D eigenvalue weighted by Gasteiger charge is 2.13. The lowest BCUT2D eigenvalue weighted by molar-refractivity contribution is 0.316. The third kappa shape index (κ3) is 4.90. The molecule has 2 N–H and O–H groups in total. The molecule has 0 saturated heterocycles. The molecule has 0 aliphatic carbocycles. The van der Waals surface area contributed by atoms with E-state index in [-0.39, 0.29) is 6.04 Å². The maximum absolute atomic E-state index is 5.73. The molecule has 4 nitrogen and oxygen atoms in total. The summed E-state index contributed by atoms with van der Waals surface area (Å²) in [5.74, 6) is 1.94. The second-order valence-corrected chi connectivity index (χ2v) is 5.17. The second-order valence-electron chi connectivity index (χ2n) is 5.17. The molecule has 1 atom stereocenters. The Morgan fingerprint density at radius 3 is 2.90 bits per heavy atom. The van der Waals surface area contributed by atoms with Gasteiger partial charge in [-0.15, -0.1) is 0 Å². The molecule has 21 heavy (non-hydrogen) atoms. The molecule has 4 heteroatoms. The molecular weight excluding hydrogens is 262 g/mol. The zero-order chi connectivity index (χ0) is 14.9. The highest BCUT2D eigenvalue weighted by atomic mass is 16.5. The van der Waals surface area contributed by atoms with Crippen molar-refractivity contribution in [3.8, 4) is 5.75 Å². The molecule has 0 bridgehead atoms. The van der Waals surface area contributed by atoms with Crippen LogP contribution in [0.3, 0.4) is 0 Å². The van der Waals surface area contributed by atoms with Crippen molar-refractivity contribution >= 4 is 0 Å². The SMILES string of the molecule is CCCNC(Cc1ncc[nH]1)c1cccc(OCCC)c1. The van der Waals surface area contributed by atoms with Gasteiger partial charge >= 0.3 is 0 Å². The molecular formula is C17H25N3O. The highest BCUT2D eigenvalue weighted by molar-refractivity contribution is 5.31. The molecule has 2 aromatic rings. The van der Waals surface area contributed by atoms with Crippen LogP contribution in [0.2, 0.25) is 0 Å². The summed E-state index contributed by atoms with van der Waals surface area (Å²) in [6.07, 6.45) is 6.65. The van der Waals surface area contributed by atoms with E-state index in [1.807, 2.05) is 12.3 Å². The number of H-pyrrole nitrogens is 1. The van der Waals surface area contributed by atoms with Crippen molar-refractivity contribution in [2.75, 3.05) is 13.2 Å². The van der Waals surface area contributed by atoms with Crippen LogP contribution >= 0.6 is 0 Å². The fourth-order valence-corrected chi connectivity index (χ4v) is 2.27. The molecule has 1 aromatic heterocycles. The first-order valence-corrected chi connectivity index (χ1v) is 7.77. The van der Waals surface area contributed by atoms with Crippen molar-refractivity contribution in [1.82, 2.24) is 15.3 Å². The standard InChI is InChI=1S/C17H25N3O/c1-3-8-18-16(13-17-19-9-10-20-17)14-6-5-7-15(12-14)21-11-4-2/h5-7,9-10,12,16,18H,3-4,8,11,13H2,1-2H3,(H,19,20). The monoisotopic (exact) mass is 287 g/mol. The number of hydrogen-bond acceptors (Lipinski definition) is 3. The number of hydrogen-bond donors (Lipinski definition) is 2. The van der Waals surface area contributed by atoms with E-state index in [1.165, 1.54) is 5.56 Å². The maximum Gasteiger partial charge on any atom is 0.119 e. The summed E-state index contributed by atoms with van der Waals surface area (Å²) in [7, 11) is 0. The van der Waals surface area contributed by atoms with Crippen molar-refractivity contribution in [3.05, 3.63) is 48.0 Å². The quantitative estimate of drug-likeness (QED) is 0.742. The zero-order valence-electron chi connectivity index (χ0n) is 12.9. The summed E-state index contributed by atoms with van der Waals surface area (Å²) < 4.78 is 5.73. The Kier molecular flexibility index (Phi) is 6.28. The lowest BCUT2D eigenvalue weighted by Crippen LogP contribution is -2.24. The molecule has 0 aliphatic heterocycles. The highest BCUT2D eigenvalue weighted by Crippen LogP contribution is 2.22. The van der Waals surface area contributed by atoms with Gasteiger partial charge in [-0.25, -0.2) is 4.98 Å². The number of nitrogens with one attached hydrogen (secondary N) is 2. The first-order valence-electron chi connectivity index (χ1n) is 7.77. The van der Waals surface area contributed by atoms with Crippen LogP contribution in [0.5, 0.6) is 5.75 Å². The molecule has 0 spiro atoms. The van der Waals surface area contributed by atoms with Gasteiger partial charge in [-0.1, -0.05) is 26.0 Å². The number of aromatic amines is 1. The van der Waals surface area contributed by atoms with Crippen molar-refractivity contribution in [2.24, 2.45) is 0 Å². The maximum atomic E-state index is 5.73. The van der Waals surface area contributed by atoms with Crippen LogP contribution in [0, 0.1) is 0 Å². The Morgan fingerprint density at radius 2 is 2.19 bits per heavy atom. The summed E-state index contributed by atoms with van der Waals surface area (Å²) in [6, 6.07) is 8.61. The molecule has 1 unspecified atom stereocenters. The number of ether oxygens (including phenoxy) is 1. The van der Waals surface area contributed by atoms with Gasteiger partial charge in [0.15, 0.2) is 0 Å². The smallest absolute Gasteiger partial charge is 0.119 e. The van der Waals surface area contributed by atoms with Crippen molar-refractivity contribution < 1.29 is 4.74 Å². The van der Waals surface area contributed by atoms with Crippen molar-refractivity contribution in [1.29, 1.82) is 0 Å². The number of imidazole rings is 1. The van der Waals surface area contributed by atoms with Crippen LogP contribution in [0.4, 0.5) is 0 Å². The average molecular weight is 287 g/mol. The van der Waals surface area contributed by atoms with E-state index in [4.69, 9.17) is 4.74 Å². The number of rotatable bonds is 9. The second kappa shape index (κ2) is 8.47. The molecule has 1 aromatic carbocycles. The normalized spacial score (nSPS) is 12.3. The van der Waals surface area contributed by atoms with E-state index in [1.54, 1.807) is 6.20 Å². The lowest BCUT2D eigenvalue weighted by Gasteiger charge is -2.19. The molecule has 2 rings (SSSR count). The Bertz CT molecular complexity index is 511. The van der Waals surface area contributed by atoms with E-state index in [0.717, 1.165) is 44.0 Å². The summed E-state index contributed by atoms with van der Waals surface area (Å²) in [5, 5.41) is 3.59. The van der Waals surface area contributed by atoms with E-state index in [2.05, 4.69) is 47.3 Å². The molecule has 0 saturated carbocycles. The van der Waals surface area contributed by atoms with Gasteiger partial charge in [0.2, 0.25) is 0 Å². The van der Waals surface area contributed by atoms with E-state index >= 15 is 0 Å². The third-order valence-electron chi connectivity index (χ3n) is 3.33. The van der Waals surface area contributed by atoms with Gasteiger partial charge in [0.1, 0.15) is 11.6 Å². The van der Waals surface area contributed by atoms with E-state index < -0.39 is 0 Å². The third-order valence-corrected chi connectivity index (χ3v) is 3.33. The van der Waals surface area contributed by atoms with Crippen molar-refractivity contribution in [3.63, 3.8) is 0 Å². The van der Waals surface area contributed by atoms with Crippen LogP contribution in [0.1, 0.15) is 44.1 Å². The molecule has 0 fully saturated rings. The van der Waals surface area contributed by atoms with Gasteiger partial charge in [0, 0.05) is 24.9 Å². The first kappa shape index (κ1) is 15.6. The average Bonchev–Trinajstić information content (AvgIpc) is 3.02. The summed E-state index contributed by atoms with van der Waals surface area (Å²) in [4.78, 5) is 7.52. The van der Waals surface area contributed by atoms with Crippen LogP contribution in [-0.4, -0.2) is 23.1 Å². The van der Waals surface area contributed by atoms with Crippen LogP contribution in [0.25, 0.3) is 0 Å². The van der Waals surface area contributed by atoms with E-state index in [0.29, 0.717) is 0 Å². The van der Waals surface area contributed by atoms with Crippen LogP contribution in [-0.2, 0) is 6.42 Å². The molecule has 1 heterocycles. The zero-order valence-corrected chi connectivity index (χ0v) is 12.9. The van der Waals surface area contributed by atoms with Crippen LogP contribution < -0.4 is 10.1 Å². The summed E-state index contributed by atoms with van der Waals surface area (Å²) in [5.41, 5.74) is 1.24. The minimum atomic E-state index is 0.251. The Balaban J connectivity index is 2.11. The van der Waals surface area contributed by atoms with Crippen molar-refractivity contribution in [2.45, 2.75) is 39.2 Å². The number of benzene rings is 1.